The van der Waals surface area contributed by atoms with E-state index < -0.39 is 5.97 Å². The standard InChI is InChI=1S/C25H27N3O3/c1-4-19-22(25(30)31-3)16(2)23(26-19)24(29)27-20-11-7-5-10-18(20)15-28-14-13-17-9-6-8-12-21(17)28/h5-12,26H,4,13-15H2,1-3H3,(H,27,29). The van der Waals surface area contributed by atoms with Gasteiger partial charge in [0.2, 0.25) is 0 Å². The average Bonchev–Trinajstić information content (AvgIpc) is 3.35. The summed E-state index contributed by atoms with van der Waals surface area (Å²) in [7, 11) is 1.35. The van der Waals surface area contributed by atoms with E-state index in [1.807, 2.05) is 31.2 Å². The Balaban J connectivity index is 1.58. The predicted octanol–water partition coefficient (Wildman–Crippen LogP) is 4.49. The van der Waals surface area contributed by atoms with E-state index in [1.54, 1.807) is 6.92 Å². The maximum atomic E-state index is 13.1. The predicted molar refractivity (Wildman–Crippen MR) is 122 cm³/mol. The minimum absolute atomic E-state index is 0.267. The lowest BCUT2D eigenvalue weighted by Gasteiger charge is -2.21. The van der Waals surface area contributed by atoms with Gasteiger partial charge in [-0.2, -0.15) is 0 Å². The van der Waals surface area contributed by atoms with Crippen molar-refractivity contribution in [2.24, 2.45) is 0 Å². The number of anilines is 2. The lowest BCUT2D eigenvalue weighted by atomic mass is 10.1. The van der Waals surface area contributed by atoms with Gasteiger partial charge in [-0.3, -0.25) is 4.79 Å². The Morgan fingerprint density at radius 2 is 1.87 bits per heavy atom. The van der Waals surface area contributed by atoms with Crippen molar-refractivity contribution in [3.05, 3.63) is 82.2 Å². The van der Waals surface area contributed by atoms with Gasteiger partial charge in [0.05, 0.1) is 12.7 Å². The van der Waals surface area contributed by atoms with Crippen LogP contribution in [0, 0.1) is 6.92 Å². The second-order valence-electron chi connectivity index (χ2n) is 7.74. The highest BCUT2D eigenvalue weighted by atomic mass is 16.5. The van der Waals surface area contributed by atoms with Crippen molar-refractivity contribution in [2.75, 3.05) is 23.9 Å². The van der Waals surface area contributed by atoms with E-state index in [2.05, 4.69) is 39.5 Å². The molecule has 1 aliphatic heterocycles. The van der Waals surface area contributed by atoms with E-state index in [-0.39, 0.29) is 5.91 Å². The van der Waals surface area contributed by atoms with Crippen molar-refractivity contribution < 1.29 is 14.3 Å². The molecule has 0 unspecified atom stereocenters. The number of aryl methyl sites for hydroxylation is 1. The molecule has 4 rings (SSSR count). The second-order valence-corrected chi connectivity index (χ2v) is 7.74. The second kappa shape index (κ2) is 8.68. The highest BCUT2D eigenvalue weighted by Crippen LogP contribution is 2.30. The van der Waals surface area contributed by atoms with Crippen LogP contribution in [0.5, 0.6) is 0 Å². The molecule has 1 aliphatic rings. The van der Waals surface area contributed by atoms with Crippen molar-refractivity contribution in [1.29, 1.82) is 0 Å². The van der Waals surface area contributed by atoms with Gasteiger partial charge in [0.1, 0.15) is 5.69 Å². The first-order valence-corrected chi connectivity index (χ1v) is 10.5. The summed E-state index contributed by atoms with van der Waals surface area (Å²) in [5.74, 6) is -0.700. The lowest BCUT2D eigenvalue weighted by Crippen LogP contribution is -2.22. The Morgan fingerprint density at radius 1 is 1.13 bits per heavy atom. The number of fused-ring (bicyclic) bond motifs is 1. The number of rotatable bonds is 6. The Hall–Kier alpha value is -3.54. The summed E-state index contributed by atoms with van der Waals surface area (Å²) in [6.45, 7) is 5.37. The largest absolute Gasteiger partial charge is 0.465 e. The van der Waals surface area contributed by atoms with Gasteiger partial charge in [0, 0.05) is 30.2 Å². The summed E-state index contributed by atoms with van der Waals surface area (Å²) in [4.78, 5) is 30.7. The van der Waals surface area contributed by atoms with Gasteiger partial charge >= 0.3 is 5.97 Å². The molecule has 2 N–H and O–H groups in total. The third kappa shape index (κ3) is 3.93. The molecular formula is C25H27N3O3. The molecule has 0 atom stereocenters. The maximum Gasteiger partial charge on any atom is 0.339 e. The molecule has 160 valence electrons. The van der Waals surface area contributed by atoms with Crippen molar-refractivity contribution in [3.8, 4) is 0 Å². The molecule has 6 nitrogen and oxygen atoms in total. The zero-order chi connectivity index (χ0) is 22.0. The number of carbonyl (C=O) groups excluding carboxylic acids is 2. The normalized spacial score (nSPS) is 12.5. The summed E-state index contributed by atoms with van der Waals surface area (Å²) in [6, 6.07) is 16.3. The number of hydrogen-bond acceptors (Lipinski definition) is 4. The summed E-state index contributed by atoms with van der Waals surface area (Å²) in [5.41, 5.74) is 6.55. The number of ether oxygens (including phenoxy) is 1. The maximum absolute atomic E-state index is 13.1. The van der Waals surface area contributed by atoms with Gasteiger partial charge in [0.15, 0.2) is 0 Å². The Kier molecular flexibility index (Phi) is 5.80. The average molecular weight is 418 g/mol. The van der Waals surface area contributed by atoms with Crippen LogP contribution in [-0.4, -0.2) is 30.5 Å². The zero-order valence-electron chi connectivity index (χ0n) is 18.1. The first kappa shape index (κ1) is 20.7. The van der Waals surface area contributed by atoms with Gasteiger partial charge < -0.3 is 19.9 Å². The van der Waals surface area contributed by atoms with Crippen LogP contribution in [0.4, 0.5) is 11.4 Å². The van der Waals surface area contributed by atoms with Gasteiger partial charge in [0.25, 0.3) is 5.91 Å². The number of aromatic amines is 1. The molecule has 0 spiro atoms. The Morgan fingerprint density at radius 3 is 2.65 bits per heavy atom. The van der Waals surface area contributed by atoms with Gasteiger partial charge in [-0.15, -0.1) is 0 Å². The van der Waals surface area contributed by atoms with Crippen molar-refractivity contribution >= 4 is 23.3 Å². The molecule has 0 fully saturated rings. The molecule has 0 saturated heterocycles. The number of hydrogen-bond donors (Lipinski definition) is 2. The molecule has 0 aliphatic carbocycles. The minimum Gasteiger partial charge on any atom is -0.465 e. The summed E-state index contributed by atoms with van der Waals surface area (Å²) in [5, 5.41) is 3.04. The number of H-pyrrole nitrogens is 1. The highest BCUT2D eigenvalue weighted by Gasteiger charge is 2.24. The first-order valence-electron chi connectivity index (χ1n) is 10.5. The fourth-order valence-electron chi connectivity index (χ4n) is 4.27. The van der Waals surface area contributed by atoms with Crippen molar-refractivity contribution in [3.63, 3.8) is 0 Å². The van der Waals surface area contributed by atoms with Crippen molar-refractivity contribution in [2.45, 2.75) is 33.2 Å². The molecule has 2 aromatic carbocycles. The molecular weight excluding hydrogens is 390 g/mol. The van der Waals surface area contributed by atoms with Crippen LogP contribution in [0.3, 0.4) is 0 Å². The zero-order valence-corrected chi connectivity index (χ0v) is 18.1. The molecule has 1 aromatic heterocycles. The van der Waals surface area contributed by atoms with E-state index in [0.29, 0.717) is 35.5 Å². The van der Waals surface area contributed by atoms with Gasteiger partial charge in [-0.1, -0.05) is 43.3 Å². The molecule has 0 radical (unpaired) electrons. The van der Waals surface area contributed by atoms with Gasteiger partial charge in [-0.05, 0) is 48.6 Å². The Bertz CT molecular complexity index is 1130. The number of methoxy groups -OCH3 is 1. The van der Waals surface area contributed by atoms with E-state index >= 15 is 0 Å². The summed E-state index contributed by atoms with van der Waals surface area (Å²) < 4.78 is 4.90. The third-order valence-electron chi connectivity index (χ3n) is 5.91. The van der Waals surface area contributed by atoms with Crippen LogP contribution in [0.25, 0.3) is 0 Å². The topological polar surface area (TPSA) is 74.4 Å². The van der Waals surface area contributed by atoms with Crippen LogP contribution < -0.4 is 10.2 Å². The minimum atomic E-state index is -0.433. The van der Waals surface area contributed by atoms with Crippen LogP contribution in [-0.2, 0) is 24.1 Å². The van der Waals surface area contributed by atoms with Gasteiger partial charge in [-0.25, -0.2) is 4.79 Å². The summed E-state index contributed by atoms with van der Waals surface area (Å²) >= 11 is 0. The van der Waals surface area contributed by atoms with Crippen LogP contribution in [0.15, 0.2) is 48.5 Å². The first-order chi connectivity index (χ1) is 15.0. The molecule has 3 aromatic rings. The molecule has 31 heavy (non-hydrogen) atoms. The number of nitrogens with one attached hydrogen (secondary N) is 2. The number of carbonyl (C=O) groups is 2. The van der Waals surface area contributed by atoms with Crippen LogP contribution in [0.1, 0.15) is 50.2 Å². The molecule has 2 heterocycles. The van der Waals surface area contributed by atoms with E-state index in [9.17, 15) is 9.59 Å². The highest BCUT2D eigenvalue weighted by molar-refractivity contribution is 6.07. The molecule has 0 bridgehead atoms. The van der Waals surface area contributed by atoms with E-state index in [4.69, 9.17) is 4.74 Å². The summed E-state index contributed by atoms with van der Waals surface area (Å²) in [6.07, 6.45) is 1.63. The molecule has 6 heteroatoms. The van der Waals surface area contributed by atoms with Crippen molar-refractivity contribution in [1.82, 2.24) is 4.98 Å². The third-order valence-corrected chi connectivity index (χ3v) is 5.91. The quantitative estimate of drug-likeness (QED) is 0.580. The number of para-hydroxylation sites is 2. The van der Waals surface area contributed by atoms with Crippen LogP contribution >= 0.6 is 0 Å². The van der Waals surface area contributed by atoms with E-state index in [0.717, 1.165) is 24.2 Å². The number of esters is 1. The number of nitrogens with zero attached hydrogens (tertiary/aromatic N) is 1. The smallest absolute Gasteiger partial charge is 0.339 e. The SMILES string of the molecule is CCc1[nH]c(C(=O)Nc2ccccc2CN2CCc3ccccc32)c(C)c1C(=O)OC. The fraction of sp³-hybridized carbons (Fsp3) is 0.280. The molecule has 0 saturated carbocycles. The monoisotopic (exact) mass is 417 g/mol. The fourth-order valence-corrected chi connectivity index (χ4v) is 4.27. The number of benzene rings is 2. The Labute approximate surface area is 182 Å². The van der Waals surface area contributed by atoms with Crippen LogP contribution in [0.2, 0.25) is 0 Å². The number of aromatic nitrogens is 1. The molecule has 1 amide bonds. The number of amides is 1. The lowest BCUT2D eigenvalue weighted by molar-refractivity contribution is 0.0599. The van der Waals surface area contributed by atoms with E-state index in [1.165, 1.54) is 18.4 Å².